The van der Waals surface area contributed by atoms with Gasteiger partial charge in [0.05, 0.1) is 18.0 Å². The maximum absolute atomic E-state index is 14.6. The lowest BCUT2D eigenvalue weighted by molar-refractivity contribution is -0.127. The number of fused-ring (bicyclic) bond motifs is 1. The van der Waals surface area contributed by atoms with Crippen molar-refractivity contribution in [3.63, 3.8) is 0 Å². The summed E-state index contributed by atoms with van der Waals surface area (Å²) in [5, 5.41) is 13.1. The molecule has 1 aliphatic heterocycles. The Bertz CT molecular complexity index is 1390. The van der Waals surface area contributed by atoms with E-state index in [1.807, 2.05) is 27.6 Å². The molecule has 2 aromatic heterocycles. The Balaban J connectivity index is 1.23. The number of nitrogens with one attached hydrogen (secondary N) is 4. The van der Waals surface area contributed by atoms with E-state index in [0.717, 1.165) is 83.4 Å². The normalized spacial score (nSPS) is 25.3. The van der Waals surface area contributed by atoms with Gasteiger partial charge in [-0.05, 0) is 89.4 Å². The largest absolute Gasteiger partial charge is 0.353 e. The third-order valence-electron chi connectivity index (χ3n) is 8.86. The smallest absolute Gasteiger partial charge is 0.224 e. The quantitative estimate of drug-likeness (QED) is 0.228. The highest BCUT2D eigenvalue weighted by Gasteiger charge is 2.31. The maximum Gasteiger partial charge on any atom is 0.224 e. The predicted octanol–water partition coefficient (Wildman–Crippen LogP) is 5.54. The highest BCUT2D eigenvalue weighted by molar-refractivity contribution is 14.1. The standard InChI is InChI=1S/C29H37F2IN8O2/c30-18-3-10-24(23(31)15-18)37-29-38-25-16-34-28(36-19-4-8-22(42-32)9-5-19)39-26(25)40(29)21-6-1-17(2-7-21)27(41)35-20-11-13-33-14-12-20/h3,10,15-17,19-22,33H,1-2,4-9,11-14H2,(H,35,41)(H,37,38)(H,34,36,39)/t17-,19-,21+,22-. The average molecular weight is 695 g/mol. The molecule has 226 valence electrons. The molecule has 3 fully saturated rings. The molecule has 3 aliphatic rings. The molecule has 0 radical (unpaired) electrons. The summed E-state index contributed by atoms with van der Waals surface area (Å²) in [7, 11) is 0. The van der Waals surface area contributed by atoms with Crippen molar-refractivity contribution in [2.45, 2.75) is 88.4 Å². The molecule has 1 amide bonds. The van der Waals surface area contributed by atoms with Crippen molar-refractivity contribution in [2.24, 2.45) is 5.92 Å². The van der Waals surface area contributed by atoms with Crippen LogP contribution in [0.1, 0.15) is 70.3 Å². The summed E-state index contributed by atoms with van der Waals surface area (Å²) < 4.78 is 35.7. The van der Waals surface area contributed by atoms with E-state index in [9.17, 15) is 13.6 Å². The van der Waals surface area contributed by atoms with E-state index in [1.54, 1.807) is 6.20 Å². The molecule has 2 saturated carbocycles. The Labute approximate surface area is 257 Å². The van der Waals surface area contributed by atoms with Crippen molar-refractivity contribution in [1.29, 1.82) is 0 Å². The molecular formula is C29H37F2IN8O2. The number of amides is 1. The third kappa shape index (κ3) is 6.77. The van der Waals surface area contributed by atoms with Crippen LogP contribution in [0.5, 0.6) is 0 Å². The number of hydrogen-bond donors (Lipinski definition) is 4. The minimum atomic E-state index is -0.702. The lowest BCUT2D eigenvalue weighted by Crippen LogP contribution is -2.45. The van der Waals surface area contributed by atoms with Gasteiger partial charge in [0.25, 0.3) is 0 Å². The molecule has 1 aromatic carbocycles. The fraction of sp³-hybridized carbons (Fsp3) is 0.586. The fourth-order valence-corrected chi connectivity index (χ4v) is 6.97. The van der Waals surface area contributed by atoms with E-state index in [0.29, 0.717) is 23.1 Å². The molecule has 3 heterocycles. The third-order valence-corrected chi connectivity index (χ3v) is 9.58. The number of hydrogen-bond acceptors (Lipinski definition) is 8. The van der Waals surface area contributed by atoms with Crippen LogP contribution in [0.3, 0.4) is 0 Å². The van der Waals surface area contributed by atoms with Gasteiger partial charge in [-0.25, -0.2) is 18.7 Å². The second-order valence-corrected chi connectivity index (χ2v) is 12.2. The van der Waals surface area contributed by atoms with E-state index < -0.39 is 11.6 Å². The lowest BCUT2D eigenvalue weighted by Gasteiger charge is -2.31. The minimum Gasteiger partial charge on any atom is -0.353 e. The SMILES string of the molecule is O=C(NC1CCNCC1)[C@H]1CC[C@@H](n2c(Nc3ccc(F)cc3F)nc3cnc(N[C@H]4CC[C@H](OI)CC4)nc32)CC1. The molecule has 13 heteroatoms. The van der Waals surface area contributed by atoms with Crippen LogP contribution in [0.2, 0.25) is 0 Å². The molecule has 2 aliphatic carbocycles. The number of aromatic nitrogens is 4. The summed E-state index contributed by atoms with van der Waals surface area (Å²) in [6.45, 7) is 1.87. The number of rotatable bonds is 8. The van der Waals surface area contributed by atoms with Crippen molar-refractivity contribution in [3.8, 4) is 0 Å². The highest BCUT2D eigenvalue weighted by atomic mass is 127. The van der Waals surface area contributed by atoms with Gasteiger partial charge in [-0.1, -0.05) is 0 Å². The summed E-state index contributed by atoms with van der Waals surface area (Å²) in [6, 6.07) is 3.92. The van der Waals surface area contributed by atoms with Gasteiger partial charge in [-0.3, -0.25) is 9.36 Å². The summed E-state index contributed by atoms with van der Waals surface area (Å²) in [5.41, 5.74) is 1.35. The Hall–Kier alpha value is -2.65. The molecule has 0 unspecified atom stereocenters. The molecular weight excluding hydrogens is 657 g/mol. The molecule has 3 aromatic rings. The molecule has 10 nitrogen and oxygen atoms in total. The second-order valence-electron chi connectivity index (χ2n) is 11.7. The van der Waals surface area contributed by atoms with E-state index in [2.05, 4.69) is 26.3 Å². The van der Waals surface area contributed by atoms with Crippen LogP contribution in [0.25, 0.3) is 11.2 Å². The van der Waals surface area contributed by atoms with Crippen LogP contribution in [0.15, 0.2) is 24.4 Å². The summed E-state index contributed by atoms with van der Waals surface area (Å²) in [5.74, 6) is -0.300. The zero-order valence-electron chi connectivity index (χ0n) is 23.4. The van der Waals surface area contributed by atoms with E-state index in [-0.39, 0.29) is 41.7 Å². The first-order chi connectivity index (χ1) is 20.5. The molecule has 0 atom stereocenters. The van der Waals surface area contributed by atoms with E-state index >= 15 is 0 Å². The van der Waals surface area contributed by atoms with Crippen LogP contribution in [-0.2, 0) is 7.86 Å². The van der Waals surface area contributed by atoms with Crippen molar-refractivity contribution in [2.75, 3.05) is 23.7 Å². The number of nitrogens with zero attached hydrogens (tertiary/aromatic N) is 4. The second kappa shape index (κ2) is 13.3. The van der Waals surface area contributed by atoms with Crippen molar-refractivity contribution in [3.05, 3.63) is 36.0 Å². The van der Waals surface area contributed by atoms with E-state index in [1.165, 1.54) is 12.1 Å². The van der Waals surface area contributed by atoms with Crippen LogP contribution in [0.4, 0.5) is 26.4 Å². The summed E-state index contributed by atoms with van der Waals surface area (Å²) >= 11 is 1.97. The van der Waals surface area contributed by atoms with Gasteiger partial charge >= 0.3 is 0 Å². The van der Waals surface area contributed by atoms with Gasteiger partial charge in [0.15, 0.2) is 5.65 Å². The summed E-state index contributed by atoms with van der Waals surface area (Å²) in [6.07, 6.45) is 10.8. The Morgan fingerprint density at radius 3 is 2.45 bits per heavy atom. The predicted molar refractivity (Wildman–Crippen MR) is 165 cm³/mol. The number of halogens is 3. The minimum absolute atomic E-state index is 0.00271. The first-order valence-corrected chi connectivity index (χ1v) is 15.9. The zero-order valence-corrected chi connectivity index (χ0v) is 25.6. The summed E-state index contributed by atoms with van der Waals surface area (Å²) in [4.78, 5) is 27.2. The van der Waals surface area contributed by atoms with Crippen molar-refractivity contribution >= 4 is 57.7 Å². The molecule has 42 heavy (non-hydrogen) atoms. The average Bonchev–Trinajstić information content (AvgIpc) is 3.36. The number of carbonyl (C=O) groups is 1. The number of imidazole rings is 1. The molecule has 0 bridgehead atoms. The highest BCUT2D eigenvalue weighted by Crippen LogP contribution is 2.38. The monoisotopic (exact) mass is 694 g/mol. The Kier molecular flexibility index (Phi) is 9.34. The maximum atomic E-state index is 14.6. The van der Waals surface area contributed by atoms with Gasteiger partial charge in [-0.15, -0.1) is 0 Å². The Morgan fingerprint density at radius 2 is 1.74 bits per heavy atom. The van der Waals surface area contributed by atoms with Gasteiger partial charge in [0.1, 0.15) is 40.2 Å². The van der Waals surface area contributed by atoms with Crippen LogP contribution >= 0.6 is 23.0 Å². The van der Waals surface area contributed by atoms with Crippen LogP contribution in [-0.4, -0.2) is 56.7 Å². The fourth-order valence-electron chi connectivity index (χ4n) is 6.47. The topological polar surface area (TPSA) is 118 Å². The number of anilines is 3. The zero-order chi connectivity index (χ0) is 29.1. The first kappa shape index (κ1) is 29.4. The molecule has 1 saturated heterocycles. The molecule has 4 N–H and O–H groups in total. The van der Waals surface area contributed by atoms with Crippen molar-refractivity contribution < 1.29 is 16.6 Å². The van der Waals surface area contributed by atoms with Gasteiger partial charge in [-0.2, -0.15) is 4.98 Å². The van der Waals surface area contributed by atoms with Gasteiger partial charge in [0, 0.05) is 30.1 Å². The van der Waals surface area contributed by atoms with Crippen molar-refractivity contribution in [1.82, 2.24) is 30.2 Å². The first-order valence-electron chi connectivity index (χ1n) is 15.0. The number of piperidine rings is 1. The van der Waals surface area contributed by atoms with Gasteiger partial charge < -0.3 is 24.3 Å². The lowest BCUT2D eigenvalue weighted by atomic mass is 9.85. The van der Waals surface area contributed by atoms with Crippen LogP contribution < -0.4 is 21.3 Å². The number of carbonyl (C=O) groups excluding carboxylic acids is 1. The van der Waals surface area contributed by atoms with Crippen LogP contribution in [0, 0.1) is 17.6 Å². The number of benzene rings is 1. The van der Waals surface area contributed by atoms with Gasteiger partial charge in [0.2, 0.25) is 17.8 Å². The molecule has 6 rings (SSSR count). The Morgan fingerprint density at radius 1 is 0.976 bits per heavy atom. The molecule has 0 spiro atoms. The van der Waals surface area contributed by atoms with E-state index in [4.69, 9.17) is 13.0 Å².